The van der Waals surface area contributed by atoms with Crippen LogP contribution in [0.5, 0.6) is 0 Å². The number of nitrogens with zero attached hydrogens (tertiary/aromatic N) is 1. The molecule has 6 heteroatoms. The summed E-state index contributed by atoms with van der Waals surface area (Å²) in [4.78, 5) is -0.0113. The molecule has 0 bridgehead atoms. The third kappa shape index (κ3) is 2.73. The van der Waals surface area contributed by atoms with Crippen LogP contribution in [0.25, 0.3) is 0 Å². The van der Waals surface area contributed by atoms with Gasteiger partial charge in [0.1, 0.15) is 5.82 Å². The maximum atomic E-state index is 13.6. The molecule has 1 aromatic carbocycles. The largest absolute Gasteiger partial charge is 0.375 e. The zero-order valence-corrected chi connectivity index (χ0v) is 13.0. The van der Waals surface area contributed by atoms with Gasteiger partial charge in [-0.2, -0.15) is 4.31 Å². The molecule has 4 nitrogen and oxygen atoms in total. The first-order valence-electron chi connectivity index (χ1n) is 6.55. The van der Waals surface area contributed by atoms with Crippen LogP contribution in [0.3, 0.4) is 0 Å². The molecule has 112 valence electrons. The number of benzene rings is 1. The van der Waals surface area contributed by atoms with E-state index in [1.54, 1.807) is 20.8 Å². The molecule has 1 saturated heterocycles. The predicted octanol–water partition coefficient (Wildman–Crippen LogP) is 2.32. The summed E-state index contributed by atoms with van der Waals surface area (Å²) in [7, 11) is -3.73. The zero-order chi connectivity index (χ0) is 15.1. The van der Waals surface area contributed by atoms with Gasteiger partial charge in [-0.25, -0.2) is 12.8 Å². The molecule has 0 spiro atoms. The van der Waals surface area contributed by atoms with Crippen molar-refractivity contribution in [2.45, 2.75) is 44.2 Å². The van der Waals surface area contributed by atoms with Crippen LogP contribution in [0.1, 0.15) is 26.3 Å². The van der Waals surface area contributed by atoms with Gasteiger partial charge in [0.25, 0.3) is 0 Å². The van der Waals surface area contributed by atoms with Gasteiger partial charge >= 0.3 is 0 Å². The highest BCUT2D eigenvalue weighted by Gasteiger charge is 2.41. The lowest BCUT2D eigenvalue weighted by Gasteiger charge is -2.43. The molecule has 1 fully saturated rings. The fourth-order valence-electron chi connectivity index (χ4n) is 2.24. The average Bonchev–Trinajstić information content (AvgIpc) is 2.35. The van der Waals surface area contributed by atoms with Gasteiger partial charge in [-0.3, -0.25) is 0 Å². The molecule has 20 heavy (non-hydrogen) atoms. The molecule has 0 unspecified atom stereocenters. The minimum atomic E-state index is -3.73. The van der Waals surface area contributed by atoms with E-state index in [0.29, 0.717) is 12.2 Å². The molecular formula is C14H20FNO3S. The minimum Gasteiger partial charge on any atom is -0.375 e. The SMILES string of the molecule is Cc1ccc(S(=O)(=O)N2C[C@H](C)OCC2(C)C)cc1F. The number of halogens is 1. The highest BCUT2D eigenvalue weighted by atomic mass is 32.2. The summed E-state index contributed by atoms with van der Waals surface area (Å²) in [6.07, 6.45) is -0.173. The van der Waals surface area contributed by atoms with E-state index < -0.39 is 21.4 Å². The Morgan fingerprint density at radius 1 is 1.40 bits per heavy atom. The normalized spacial score (nSPS) is 23.8. The molecule has 1 heterocycles. The minimum absolute atomic E-state index is 0.0113. The molecule has 0 saturated carbocycles. The number of rotatable bonds is 2. The second kappa shape index (κ2) is 5.09. The van der Waals surface area contributed by atoms with E-state index in [1.165, 1.54) is 16.4 Å². The van der Waals surface area contributed by atoms with E-state index in [4.69, 9.17) is 4.74 Å². The first-order valence-corrected chi connectivity index (χ1v) is 7.99. The van der Waals surface area contributed by atoms with Gasteiger partial charge in [0, 0.05) is 6.54 Å². The summed E-state index contributed by atoms with van der Waals surface area (Å²) in [5.41, 5.74) is -0.217. The number of hydrogen-bond donors (Lipinski definition) is 0. The number of hydrogen-bond acceptors (Lipinski definition) is 3. The quantitative estimate of drug-likeness (QED) is 0.842. The Hall–Kier alpha value is -0.980. The van der Waals surface area contributed by atoms with Crippen LogP contribution in [0.15, 0.2) is 23.1 Å². The Bertz CT molecular complexity index is 613. The number of sulfonamides is 1. The van der Waals surface area contributed by atoms with Crippen molar-refractivity contribution >= 4 is 10.0 Å². The van der Waals surface area contributed by atoms with E-state index >= 15 is 0 Å². The lowest BCUT2D eigenvalue weighted by Crippen LogP contribution is -2.57. The number of aryl methyl sites for hydroxylation is 1. The van der Waals surface area contributed by atoms with Gasteiger partial charge in [0.2, 0.25) is 10.0 Å². The average molecular weight is 301 g/mol. The third-order valence-corrected chi connectivity index (χ3v) is 5.62. The molecule has 0 N–H and O–H groups in total. The lowest BCUT2D eigenvalue weighted by molar-refractivity contribution is -0.0551. The first kappa shape index (κ1) is 15.4. The molecule has 1 aromatic rings. The summed E-state index contributed by atoms with van der Waals surface area (Å²) < 4.78 is 46.0. The Balaban J connectivity index is 2.45. The van der Waals surface area contributed by atoms with Crippen molar-refractivity contribution in [3.8, 4) is 0 Å². The summed E-state index contributed by atoms with van der Waals surface area (Å²) >= 11 is 0. The maximum Gasteiger partial charge on any atom is 0.243 e. The van der Waals surface area contributed by atoms with Crippen molar-refractivity contribution in [2.75, 3.05) is 13.2 Å². The Kier molecular flexibility index (Phi) is 3.92. The fourth-order valence-corrected chi connectivity index (χ4v) is 4.09. The highest BCUT2D eigenvalue weighted by Crippen LogP contribution is 2.29. The predicted molar refractivity (Wildman–Crippen MR) is 74.5 cm³/mol. The van der Waals surface area contributed by atoms with E-state index in [2.05, 4.69) is 0 Å². The topological polar surface area (TPSA) is 46.6 Å². The zero-order valence-electron chi connectivity index (χ0n) is 12.2. The van der Waals surface area contributed by atoms with Crippen LogP contribution < -0.4 is 0 Å². The molecule has 1 aliphatic rings. The fraction of sp³-hybridized carbons (Fsp3) is 0.571. The maximum absolute atomic E-state index is 13.6. The van der Waals surface area contributed by atoms with Gasteiger partial charge in [-0.1, -0.05) is 6.07 Å². The van der Waals surface area contributed by atoms with Crippen LogP contribution in [-0.2, 0) is 14.8 Å². The Morgan fingerprint density at radius 3 is 2.65 bits per heavy atom. The van der Waals surface area contributed by atoms with Crippen molar-refractivity contribution in [1.82, 2.24) is 4.31 Å². The molecule has 0 amide bonds. The van der Waals surface area contributed by atoms with Crippen LogP contribution in [0.2, 0.25) is 0 Å². The molecule has 1 atom stereocenters. The number of morpholine rings is 1. The second-order valence-corrected chi connectivity index (χ2v) is 7.74. The number of ether oxygens (including phenoxy) is 1. The van der Waals surface area contributed by atoms with Crippen molar-refractivity contribution in [2.24, 2.45) is 0 Å². The summed E-state index contributed by atoms with van der Waals surface area (Å²) in [6.45, 7) is 7.63. The van der Waals surface area contributed by atoms with Crippen LogP contribution in [0.4, 0.5) is 4.39 Å². The second-order valence-electron chi connectivity index (χ2n) is 5.88. The van der Waals surface area contributed by atoms with Gasteiger partial charge in [0.05, 0.1) is 23.1 Å². The van der Waals surface area contributed by atoms with Crippen molar-refractivity contribution in [3.05, 3.63) is 29.6 Å². The smallest absolute Gasteiger partial charge is 0.243 e. The lowest BCUT2D eigenvalue weighted by atomic mass is 10.1. The van der Waals surface area contributed by atoms with Crippen molar-refractivity contribution < 1.29 is 17.5 Å². The van der Waals surface area contributed by atoms with E-state index in [1.807, 2.05) is 6.92 Å². The summed E-state index contributed by atoms with van der Waals surface area (Å²) in [6, 6.07) is 4.02. The molecule has 2 rings (SSSR count). The summed E-state index contributed by atoms with van der Waals surface area (Å²) in [5.74, 6) is -0.509. The summed E-state index contributed by atoms with van der Waals surface area (Å²) in [5, 5.41) is 0. The Labute approximate surface area is 119 Å². The third-order valence-electron chi connectivity index (χ3n) is 3.55. The highest BCUT2D eigenvalue weighted by molar-refractivity contribution is 7.89. The monoisotopic (exact) mass is 301 g/mol. The van der Waals surface area contributed by atoms with E-state index in [9.17, 15) is 12.8 Å². The van der Waals surface area contributed by atoms with E-state index in [-0.39, 0.29) is 17.5 Å². The van der Waals surface area contributed by atoms with Crippen LogP contribution in [-0.4, -0.2) is 37.5 Å². The molecule has 0 radical (unpaired) electrons. The standard InChI is InChI=1S/C14H20FNO3S/c1-10-5-6-12(7-13(10)15)20(17,18)16-8-11(2)19-9-14(16,3)4/h5-7,11H,8-9H2,1-4H3/t11-/m0/s1. The van der Waals surface area contributed by atoms with Gasteiger partial charge < -0.3 is 4.74 Å². The van der Waals surface area contributed by atoms with Gasteiger partial charge in [-0.05, 0) is 45.4 Å². The Morgan fingerprint density at radius 2 is 2.05 bits per heavy atom. The molecular weight excluding hydrogens is 281 g/mol. The van der Waals surface area contributed by atoms with Crippen LogP contribution >= 0.6 is 0 Å². The van der Waals surface area contributed by atoms with Crippen molar-refractivity contribution in [1.29, 1.82) is 0 Å². The van der Waals surface area contributed by atoms with Gasteiger partial charge in [-0.15, -0.1) is 0 Å². The van der Waals surface area contributed by atoms with Crippen LogP contribution in [0, 0.1) is 12.7 Å². The van der Waals surface area contributed by atoms with Crippen molar-refractivity contribution in [3.63, 3.8) is 0 Å². The first-order chi connectivity index (χ1) is 9.14. The van der Waals surface area contributed by atoms with Gasteiger partial charge in [0.15, 0.2) is 0 Å². The molecule has 1 aliphatic heterocycles. The molecule has 0 aliphatic carbocycles. The molecule has 0 aromatic heterocycles. The van der Waals surface area contributed by atoms with E-state index in [0.717, 1.165) is 6.07 Å².